The summed E-state index contributed by atoms with van der Waals surface area (Å²) in [6.07, 6.45) is 0. The minimum absolute atomic E-state index is 0.0471. The predicted molar refractivity (Wildman–Crippen MR) is 62.5 cm³/mol. The molecule has 0 spiro atoms. The number of hydrogen-bond acceptors (Lipinski definition) is 2. The molecule has 1 rings (SSSR count). The van der Waals surface area contributed by atoms with Gasteiger partial charge in [0.25, 0.3) is 0 Å². The lowest BCUT2D eigenvalue weighted by Gasteiger charge is -2.13. The van der Waals surface area contributed by atoms with Gasteiger partial charge in [0.15, 0.2) is 0 Å². The van der Waals surface area contributed by atoms with Crippen molar-refractivity contribution in [3.63, 3.8) is 0 Å². The monoisotopic (exact) mass is 265 g/mol. The van der Waals surface area contributed by atoms with Gasteiger partial charge >= 0.3 is 0 Å². The SMILES string of the molecule is C[C@H](NS(=O)(=O)CCCl)c1ccc(F)cc1. The van der Waals surface area contributed by atoms with E-state index in [2.05, 4.69) is 4.72 Å². The Morgan fingerprint density at radius 3 is 2.44 bits per heavy atom. The molecule has 0 fully saturated rings. The van der Waals surface area contributed by atoms with E-state index in [1.165, 1.54) is 12.1 Å². The van der Waals surface area contributed by atoms with Gasteiger partial charge in [0.05, 0.1) is 5.75 Å². The Bertz CT molecular complexity index is 433. The van der Waals surface area contributed by atoms with Crippen molar-refractivity contribution in [1.82, 2.24) is 4.72 Å². The Labute approximate surface area is 99.7 Å². The summed E-state index contributed by atoms with van der Waals surface area (Å²) in [5.41, 5.74) is 0.708. The number of rotatable bonds is 5. The molecule has 0 bridgehead atoms. The van der Waals surface area contributed by atoms with E-state index in [0.29, 0.717) is 5.56 Å². The molecule has 0 saturated heterocycles. The Morgan fingerprint density at radius 2 is 1.94 bits per heavy atom. The first-order chi connectivity index (χ1) is 7.44. The van der Waals surface area contributed by atoms with Gasteiger partial charge in [-0.3, -0.25) is 0 Å². The maximum absolute atomic E-state index is 12.7. The summed E-state index contributed by atoms with van der Waals surface area (Å²) >= 11 is 5.37. The number of sulfonamides is 1. The van der Waals surface area contributed by atoms with Crippen molar-refractivity contribution < 1.29 is 12.8 Å². The van der Waals surface area contributed by atoms with Gasteiger partial charge in [-0.2, -0.15) is 0 Å². The largest absolute Gasteiger partial charge is 0.213 e. The molecule has 6 heteroatoms. The first-order valence-corrected chi connectivity index (χ1v) is 6.95. The third-order valence-corrected chi connectivity index (χ3v) is 3.94. The van der Waals surface area contributed by atoms with E-state index >= 15 is 0 Å². The van der Waals surface area contributed by atoms with Crippen LogP contribution in [-0.2, 0) is 10.0 Å². The summed E-state index contributed by atoms with van der Waals surface area (Å²) in [5.74, 6) is -0.425. The maximum atomic E-state index is 12.7. The molecule has 1 N–H and O–H groups in total. The molecule has 0 aliphatic carbocycles. The lowest BCUT2D eigenvalue weighted by Crippen LogP contribution is -2.29. The number of nitrogens with one attached hydrogen (secondary N) is 1. The van der Waals surface area contributed by atoms with Gasteiger partial charge < -0.3 is 0 Å². The fraction of sp³-hybridized carbons (Fsp3) is 0.400. The van der Waals surface area contributed by atoms with Gasteiger partial charge in [0.2, 0.25) is 10.0 Å². The van der Waals surface area contributed by atoms with Crippen LogP contribution in [0, 0.1) is 5.82 Å². The van der Waals surface area contributed by atoms with Crippen LogP contribution in [-0.4, -0.2) is 20.1 Å². The second-order valence-electron chi connectivity index (χ2n) is 3.40. The van der Waals surface area contributed by atoms with Gasteiger partial charge in [-0.1, -0.05) is 12.1 Å². The molecule has 1 aromatic carbocycles. The van der Waals surface area contributed by atoms with Crippen molar-refractivity contribution in [2.45, 2.75) is 13.0 Å². The van der Waals surface area contributed by atoms with Crippen LogP contribution in [0.2, 0.25) is 0 Å². The van der Waals surface area contributed by atoms with Gasteiger partial charge in [-0.05, 0) is 24.6 Å². The van der Waals surface area contributed by atoms with Crippen LogP contribution in [0.4, 0.5) is 4.39 Å². The molecule has 0 saturated carbocycles. The van der Waals surface area contributed by atoms with Crippen LogP contribution in [0.1, 0.15) is 18.5 Å². The van der Waals surface area contributed by atoms with Gasteiger partial charge in [0.1, 0.15) is 5.82 Å². The maximum Gasteiger partial charge on any atom is 0.213 e. The minimum atomic E-state index is -3.36. The highest BCUT2D eigenvalue weighted by Gasteiger charge is 2.14. The summed E-state index contributed by atoms with van der Waals surface area (Å²) < 4.78 is 37.9. The number of hydrogen-bond donors (Lipinski definition) is 1. The van der Waals surface area contributed by atoms with E-state index in [9.17, 15) is 12.8 Å². The molecule has 0 amide bonds. The van der Waals surface area contributed by atoms with Crippen molar-refractivity contribution >= 4 is 21.6 Å². The first-order valence-electron chi connectivity index (χ1n) is 4.76. The lowest BCUT2D eigenvalue weighted by molar-refractivity contribution is 0.568. The van der Waals surface area contributed by atoms with Crippen molar-refractivity contribution in [3.05, 3.63) is 35.6 Å². The zero-order valence-electron chi connectivity index (χ0n) is 8.78. The number of alkyl halides is 1. The zero-order valence-corrected chi connectivity index (χ0v) is 10.4. The normalized spacial score (nSPS) is 13.7. The minimum Gasteiger partial charge on any atom is -0.212 e. The lowest BCUT2D eigenvalue weighted by atomic mass is 10.1. The van der Waals surface area contributed by atoms with Crippen LogP contribution >= 0.6 is 11.6 Å². The highest BCUT2D eigenvalue weighted by Crippen LogP contribution is 2.13. The van der Waals surface area contributed by atoms with Crippen LogP contribution in [0.25, 0.3) is 0 Å². The average Bonchev–Trinajstić information content (AvgIpc) is 2.17. The fourth-order valence-corrected chi connectivity index (χ4v) is 2.85. The Balaban J connectivity index is 2.72. The summed E-state index contributed by atoms with van der Waals surface area (Å²) in [6, 6.07) is 5.28. The van der Waals surface area contributed by atoms with E-state index in [1.807, 2.05) is 0 Å². The molecule has 90 valence electrons. The summed E-state index contributed by atoms with van der Waals surface area (Å²) in [6.45, 7) is 1.69. The zero-order chi connectivity index (χ0) is 12.2. The molecule has 0 aromatic heterocycles. The van der Waals surface area contributed by atoms with Gasteiger partial charge in [-0.25, -0.2) is 17.5 Å². The van der Waals surface area contributed by atoms with Crippen LogP contribution in [0.15, 0.2) is 24.3 Å². The van der Waals surface area contributed by atoms with Crippen molar-refractivity contribution in [2.24, 2.45) is 0 Å². The van der Waals surface area contributed by atoms with Gasteiger partial charge in [-0.15, -0.1) is 11.6 Å². The standard InChI is InChI=1S/C10H13ClFNO2S/c1-8(13-16(14,15)7-6-11)9-2-4-10(12)5-3-9/h2-5,8,13H,6-7H2,1H3/t8-/m0/s1. The molecule has 0 aliphatic heterocycles. The van der Waals surface area contributed by atoms with Crippen molar-refractivity contribution in [1.29, 1.82) is 0 Å². The van der Waals surface area contributed by atoms with Crippen molar-refractivity contribution in [2.75, 3.05) is 11.6 Å². The highest BCUT2D eigenvalue weighted by atomic mass is 35.5. The topological polar surface area (TPSA) is 46.2 Å². The summed E-state index contributed by atoms with van der Waals surface area (Å²) in [5, 5.41) is 0. The van der Waals surface area contributed by atoms with Gasteiger partial charge in [0, 0.05) is 11.9 Å². The predicted octanol–water partition coefficient (Wildman–Crippen LogP) is 2.04. The molecule has 0 radical (unpaired) electrons. The van der Waals surface area contributed by atoms with E-state index in [1.54, 1.807) is 19.1 Å². The third-order valence-electron chi connectivity index (χ3n) is 2.07. The van der Waals surface area contributed by atoms with Crippen LogP contribution in [0.3, 0.4) is 0 Å². The highest BCUT2D eigenvalue weighted by molar-refractivity contribution is 7.89. The molecule has 3 nitrogen and oxygen atoms in total. The second kappa shape index (κ2) is 5.61. The average molecular weight is 266 g/mol. The molecule has 0 heterocycles. The molecule has 1 aromatic rings. The van der Waals surface area contributed by atoms with Crippen molar-refractivity contribution in [3.8, 4) is 0 Å². The second-order valence-corrected chi connectivity index (χ2v) is 5.65. The van der Waals surface area contributed by atoms with Crippen LogP contribution < -0.4 is 4.72 Å². The quantitative estimate of drug-likeness (QED) is 0.829. The molecule has 0 unspecified atom stereocenters. The first kappa shape index (κ1) is 13.4. The third kappa shape index (κ3) is 4.08. The smallest absolute Gasteiger partial charge is 0.212 e. The van der Waals surface area contributed by atoms with E-state index in [4.69, 9.17) is 11.6 Å². The summed E-state index contributed by atoms with van der Waals surface area (Å²) in [4.78, 5) is 0. The van der Waals surface area contributed by atoms with E-state index in [-0.39, 0.29) is 17.5 Å². The fourth-order valence-electron chi connectivity index (χ4n) is 1.25. The molecular weight excluding hydrogens is 253 g/mol. The Kier molecular flexibility index (Phi) is 4.70. The van der Waals surface area contributed by atoms with Crippen LogP contribution in [0.5, 0.6) is 0 Å². The van der Waals surface area contributed by atoms with E-state index in [0.717, 1.165) is 0 Å². The molecule has 0 aliphatic rings. The number of halogens is 2. The number of benzene rings is 1. The molecule has 16 heavy (non-hydrogen) atoms. The summed E-state index contributed by atoms with van der Waals surface area (Å²) in [7, 11) is -3.36. The molecule has 1 atom stereocenters. The Morgan fingerprint density at radius 1 is 1.38 bits per heavy atom. The molecular formula is C10H13ClFNO2S. The van der Waals surface area contributed by atoms with E-state index < -0.39 is 16.1 Å². The Hall–Kier alpha value is -0.650.